The number of ether oxygens (including phenoxy) is 1. The summed E-state index contributed by atoms with van der Waals surface area (Å²) >= 11 is 0. The van der Waals surface area contributed by atoms with E-state index in [1.54, 1.807) is 12.1 Å². The Bertz CT molecular complexity index is 1900. The van der Waals surface area contributed by atoms with Crippen molar-refractivity contribution in [2.45, 2.75) is 107 Å². The van der Waals surface area contributed by atoms with Crippen LogP contribution >= 0.6 is 0 Å². The molecule has 0 unspecified atom stereocenters. The summed E-state index contributed by atoms with van der Waals surface area (Å²) in [6.45, 7) is 2.57. The van der Waals surface area contributed by atoms with Crippen LogP contribution in [0.4, 0.5) is 11.4 Å². The van der Waals surface area contributed by atoms with Gasteiger partial charge < -0.3 is 14.6 Å². The first kappa shape index (κ1) is 43.1. The van der Waals surface area contributed by atoms with E-state index in [-0.39, 0.29) is 73.3 Å². The van der Waals surface area contributed by atoms with Gasteiger partial charge in [0.1, 0.15) is 15.9 Å². The Balaban J connectivity index is 0.00000702. The zero-order valence-corrected chi connectivity index (χ0v) is 34.6. The molecule has 270 valence electrons. The quantitative estimate of drug-likeness (QED) is 0.0519. The SMILES string of the molecule is CCCCCCCCCCCCCCCCOc1ccc(S(=O)(=O)[O-])cc1C(=O)Nc1ccc(S(=O)(=O)Nc2cccc3ccccc23)cc1.[K+]. The second-order valence-electron chi connectivity index (χ2n) is 12.7. The van der Waals surface area contributed by atoms with Crippen molar-refractivity contribution >= 4 is 48.2 Å². The number of hydrogen-bond acceptors (Lipinski definition) is 7. The van der Waals surface area contributed by atoms with Crippen LogP contribution in [0.1, 0.15) is 107 Å². The molecular weight excluding hydrogens is 712 g/mol. The minimum absolute atomic E-state index is 0. The van der Waals surface area contributed by atoms with Gasteiger partial charge in [-0.05, 0) is 60.3 Å². The largest absolute Gasteiger partial charge is 1.00 e. The van der Waals surface area contributed by atoms with E-state index in [4.69, 9.17) is 4.74 Å². The molecule has 12 heteroatoms. The monoisotopic (exact) mass is 760 g/mol. The third-order valence-corrected chi connectivity index (χ3v) is 10.9. The molecule has 4 aromatic rings. The molecule has 0 aromatic heterocycles. The normalized spacial score (nSPS) is 11.6. The number of carbonyl (C=O) groups excluding carboxylic acids is 1. The first-order valence-electron chi connectivity index (χ1n) is 17.7. The summed E-state index contributed by atoms with van der Waals surface area (Å²) in [7, 11) is -8.76. The summed E-state index contributed by atoms with van der Waals surface area (Å²) < 4.78 is 70.0. The summed E-state index contributed by atoms with van der Waals surface area (Å²) in [5.41, 5.74) is 0.601. The van der Waals surface area contributed by atoms with Crippen LogP contribution in [-0.2, 0) is 20.1 Å². The molecule has 1 amide bonds. The maximum absolute atomic E-state index is 13.3. The van der Waals surface area contributed by atoms with Crippen molar-refractivity contribution in [3.05, 3.63) is 90.5 Å². The van der Waals surface area contributed by atoms with E-state index >= 15 is 0 Å². The standard InChI is InChI=1S/C39H50N2O7S2.K/c1-2-3-4-5-6-7-8-9-10-11-12-13-14-17-29-48-38-28-27-34(50(45,46)47)30-36(38)39(42)40-32-23-25-33(26-24-32)49(43,44)41-37-22-18-20-31-19-15-16-21-35(31)37;/h15-16,18-28,30,41H,2-14,17,29H2,1H3,(H,40,42)(H,45,46,47);/q;+1/p-1. The first-order chi connectivity index (χ1) is 24.1. The Morgan fingerprint density at radius 1 is 0.667 bits per heavy atom. The van der Waals surface area contributed by atoms with Gasteiger partial charge in [0.2, 0.25) is 0 Å². The van der Waals surface area contributed by atoms with Crippen molar-refractivity contribution in [3.8, 4) is 5.75 Å². The fourth-order valence-corrected chi connectivity index (χ4v) is 7.46. The molecule has 0 aliphatic heterocycles. The molecule has 51 heavy (non-hydrogen) atoms. The smallest absolute Gasteiger partial charge is 0.744 e. The minimum atomic E-state index is -4.82. The maximum atomic E-state index is 13.3. The second kappa shape index (κ2) is 22.0. The van der Waals surface area contributed by atoms with E-state index in [0.717, 1.165) is 42.2 Å². The van der Waals surface area contributed by atoms with E-state index in [1.165, 1.54) is 101 Å². The molecule has 0 aliphatic rings. The number of fused-ring (bicyclic) bond motifs is 1. The number of nitrogens with one attached hydrogen (secondary N) is 2. The molecule has 0 bridgehead atoms. The third kappa shape index (κ3) is 14.2. The molecule has 4 aromatic carbocycles. The fraction of sp³-hybridized carbons (Fsp3) is 0.410. The topological polar surface area (TPSA) is 142 Å². The number of anilines is 2. The molecule has 0 radical (unpaired) electrons. The minimum Gasteiger partial charge on any atom is -0.744 e. The van der Waals surface area contributed by atoms with Crippen LogP contribution < -0.4 is 66.2 Å². The van der Waals surface area contributed by atoms with Gasteiger partial charge in [-0.1, -0.05) is 127 Å². The Hall–Kier alpha value is -2.29. The van der Waals surface area contributed by atoms with Gasteiger partial charge in [0.25, 0.3) is 15.9 Å². The van der Waals surface area contributed by atoms with E-state index in [0.29, 0.717) is 12.3 Å². The summed E-state index contributed by atoms with van der Waals surface area (Å²) in [6.07, 6.45) is 17.1. The van der Waals surface area contributed by atoms with Gasteiger partial charge in [0.05, 0.1) is 27.6 Å². The molecule has 0 saturated carbocycles. The van der Waals surface area contributed by atoms with Gasteiger partial charge in [0.15, 0.2) is 0 Å². The summed E-state index contributed by atoms with van der Waals surface area (Å²) in [5, 5.41) is 4.30. The van der Waals surface area contributed by atoms with Crippen LogP contribution in [0.5, 0.6) is 5.75 Å². The average molecular weight is 761 g/mol. The van der Waals surface area contributed by atoms with E-state index < -0.39 is 30.9 Å². The zero-order valence-electron chi connectivity index (χ0n) is 29.9. The second-order valence-corrected chi connectivity index (χ2v) is 15.7. The Morgan fingerprint density at radius 2 is 1.22 bits per heavy atom. The van der Waals surface area contributed by atoms with Crippen LogP contribution in [-0.4, -0.2) is 33.9 Å². The Kier molecular flexibility index (Phi) is 18.6. The van der Waals surface area contributed by atoms with Crippen LogP contribution in [0.3, 0.4) is 0 Å². The van der Waals surface area contributed by atoms with Gasteiger partial charge in [-0.3, -0.25) is 9.52 Å². The number of benzene rings is 4. The van der Waals surface area contributed by atoms with Crippen molar-refractivity contribution in [3.63, 3.8) is 0 Å². The number of unbranched alkanes of at least 4 members (excludes halogenated alkanes) is 13. The molecule has 0 aliphatic carbocycles. The number of rotatable bonds is 22. The van der Waals surface area contributed by atoms with Crippen LogP contribution in [0.15, 0.2) is 94.7 Å². The number of amides is 1. The van der Waals surface area contributed by atoms with Crippen molar-refractivity contribution in [1.29, 1.82) is 0 Å². The van der Waals surface area contributed by atoms with E-state index in [1.807, 2.05) is 30.3 Å². The molecule has 0 fully saturated rings. The zero-order chi connectivity index (χ0) is 35.8. The van der Waals surface area contributed by atoms with Crippen LogP contribution in [0.2, 0.25) is 0 Å². The van der Waals surface area contributed by atoms with Gasteiger partial charge in [-0.2, -0.15) is 0 Å². The fourth-order valence-electron chi connectivity index (χ4n) is 5.88. The van der Waals surface area contributed by atoms with Crippen molar-refractivity contribution < 1.29 is 82.3 Å². The number of sulfonamides is 1. The van der Waals surface area contributed by atoms with Crippen LogP contribution in [0.25, 0.3) is 10.8 Å². The summed E-state index contributed by atoms with van der Waals surface area (Å²) in [4.78, 5) is 12.7. The van der Waals surface area contributed by atoms with Gasteiger partial charge >= 0.3 is 51.4 Å². The number of hydrogen-bond donors (Lipinski definition) is 2. The molecule has 0 atom stereocenters. The molecular formula is C39H49KN2O7S2. The van der Waals surface area contributed by atoms with Gasteiger partial charge in [-0.25, -0.2) is 16.8 Å². The Labute approximate surface area is 346 Å². The van der Waals surface area contributed by atoms with Gasteiger partial charge in [-0.15, -0.1) is 0 Å². The van der Waals surface area contributed by atoms with Gasteiger partial charge in [0, 0.05) is 11.1 Å². The molecule has 9 nitrogen and oxygen atoms in total. The molecule has 0 heterocycles. The van der Waals surface area contributed by atoms with Crippen molar-refractivity contribution in [1.82, 2.24) is 0 Å². The molecule has 4 rings (SSSR count). The molecule has 0 spiro atoms. The van der Waals surface area contributed by atoms with Crippen molar-refractivity contribution in [2.75, 3.05) is 16.6 Å². The number of carbonyl (C=O) groups is 1. The predicted molar refractivity (Wildman–Crippen MR) is 199 cm³/mol. The maximum Gasteiger partial charge on any atom is 1.00 e. The summed E-state index contributed by atoms with van der Waals surface area (Å²) in [6, 6.07) is 21.8. The molecule has 0 saturated heterocycles. The van der Waals surface area contributed by atoms with E-state index in [2.05, 4.69) is 17.0 Å². The van der Waals surface area contributed by atoms with Crippen molar-refractivity contribution in [2.24, 2.45) is 0 Å². The average Bonchev–Trinajstić information content (AvgIpc) is 3.10. The third-order valence-electron chi connectivity index (χ3n) is 8.70. The van der Waals surface area contributed by atoms with E-state index in [9.17, 15) is 26.2 Å². The summed E-state index contributed by atoms with van der Waals surface area (Å²) in [5.74, 6) is -0.543. The molecule has 2 N–H and O–H groups in total. The Morgan fingerprint density at radius 3 is 1.82 bits per heavy atom. The first-order valence-corrected chi connectivity index (χ1v) is 20.6. The predicted octanol–water partition coefficient (Wildman–Crippen LogP) is 6.66. The van der Waals surface area contributed by atoms with Crippen LogP contribution in [0, 0.1) is 0 Å².